The smallest absolute Gasteiger partial charge is 0.337 e. The van der Waals surface area contributed by atoms with Gasteiger partial charge in [0.25, 0.3) is 0 Å². The molecule has 0 aliphatic rings. The number of rotatable bonds is 6. The van der Waals surface area contributed by atoms with E-state index in [1.165, 1.54) is 14.2 Å². The third-order valence-corrected chi connectivity index (χ3v) is 3.09. The second-order valence-corrected chi connectivity index (χ2v) is 11.3. The van der Waals surface area contributed by atoms with Crippen molar-refractivity contribution in [2.45, 2.75) is 8.75 Å². The Labute approximate surface area is 189 Å². The van der Waals surface area contributed by atoms with E-state index in [-0.39, 0.29) is 2.65 Å². The Morgan fingerprint density at radius 1 is 0.964 bits per heavy atom. The second kappa shape index (κ2) is 15.5. The van der Waals surface area contributed by atoms with E-state index in [2.05, 4.69) is 47.8 Å². The van der Waals surface area contributed by atoms with Gasteiger partial charge in [0.1, 0.15) is 20.4 Å². The largest absolute Gasteiger partial charge is 0.497 e. The number of alkyl halides is 3. The lowest BCUT2D eigenvalue weighted by Gasteiger charge is -2.11. The van der Waals surface area contributed by atoms with Crippen molar-refractivity contribution in [2.24, 2.45) is 0 Å². The number of methoxy groups -OCH3 is 3. The fraction of sp³-hybridized carbons (Fsp3) is 0.263. The zero-order valence-corrected chi connectivity index (χ0v) is 20.2. The third kappa shape index (κ3) is 11.4. The summed E-state index contributed by atoms with van der Waals surface area (Å²) in [6.45, 7) is 0. The molecule has 0 radical (unpaired) electrons. The molecule has 154 valence electrons. The quantitative estimate of drug-likeness (QED) is 0.360. The fourth-order valence-electron chi connectivity index (χ4n) is 1.90. The minimum Gasteiger partial charge on any atom is -0.497 e. The molecule has 2 aromatic rings. The molecule has 0 fully saturated rings. The van der Waals surface area contributed by atoms with Gasteiger partial charge in [-0.3, -0.25) is 4.79 Å². The Hall–Kier alpha value is -1.42. The van der Waals surface area contributed by atoms with Crippen LogP contribution >= 0.6 is 47.8 Å². The molecule has 2 aromatic carbocycles. The number of aliphatic carboxylic acids is 1. The maximum absolute atomic E-state index is 10.8. The summed E-state index contributed by atoms with van der Waals surface area (Å²) in [5.74, 6) is 0.316. The number of hydrogen-bond acceptors (Lipinski definition) is 5. The van der Waals surface area contributed by atoms with Crippen LogP contribution in [0.3, 0.4) is 0 Å². The topological polar surface area (TPSA) is 82.1 Å². The van der Waals surface area contributed by atoms with Crippen LogP contribution in [0.25, 0.3) is 0 Å². The Morgan fingerprint density at radius 2 is 1.46 bits per heavy atom. The molecule has 0 heterocycles. The SMILES string of the molecule is BrC(Br)Br.COc1cccc(C(OC)C(=O)O)c1.COc1cccc(C=O)c1. The summed E-state index contributed by atoms with van der Waals surface area (Å²) in [6.07, 6.45) is -0.146. The maximum Gasteiger partial charge on any atom is 0.337 e. The standard InChI is InChI=1S/C10H12O4.C8H8O2.CHBr3/c1-13-8-5-3-4-7(6-8)9(14-2)10(11)12;1-10-8-4-2-3-7(5-8)6-9;2-1(3)4/h3-6,9H,1-2H3,(H,11,12);2-6H,1H3;1H. The highest BCUT2D eigenvalue weighted by atomic mass is 80.0. The van der Waals surface area contributed by atoms with Gasteiger partial charge in [0.15, 0.2) is 6.10 Å². The van der Waals surface area contributed by atoms with Crippen LogP contribution in [0.4, 0.5) is 0 Å². The molecule has 0 aliphatic heterocycles. The number of carboxylic acid groups (broad SMARTS) is 1. The first-order valence-corrected chi connectivity index (χ1v) is 10.4. The first-order valence-electron chi connectivity index (χ1n) is 7.70. The molecule has 28 heavy (non-hydrogen) atoms. The van der Waals surface area contributed by atoms with Crippen LogP contribution in [0, 0.1) is 0 Å². The highest BCUT2D eigenvalue weighted by molar-refractivity contribution is 9.38. The van der Waals surface area contributed by atoms with E-state index in [4.69, 9.17) is 19.3 Å². The molecule has 0 saturated carbocycles. The average Bonchev–Trinajstić information content (AvgIpc) is 2.68. The molecule has 0 spiro atoms. The van der Waals surface area contributed by atoms with Crippen LogP contribution in [-0.2, 0) is 9.53 Å². The van der Waals surface area contributed by atoms with E-state index in [0.29, 0.717) is 22.6 Å². The number of carbonyl (C=O) groups is 2. The van der Waals surface area contributed by atoms with E-state index in [1.807, 2.05) is 0 Å². The molecule has 1 N–H and O–H groups in total. The second-order valence-electron chi connectivity index (χ2n) is 4.87. The zero-order chi connectivity index (χ0) is 21.5. The van der Waals surface area contributed by atoms with Crippen molar-refractivity contribution in [3.8, 4) is 11.5 Å². The average molecular weight is 585 g/mol. The summed E-state index contributed by atoms with van der Waals surface area (Å²) in [5.41, 5.74) is 1.21. The monoisotopic (exact) mass is 582 g/mol. The summed E-state index contributed by atoms with van der Waals surface area (Å²) in [4.78, 5) is 21.0. The van der Waals surface area contributed by atoms with Gasteiger partial charge < -0.3 is 19.3 Å². The van der Waals surface area contributed by atoms with Crippen LogP contribution in [0.15, 0.2) is 48.5 Å². The number of hydrogen-bond donors (Lipinski definition) is 1. The van der Waals surface area contributed by atoms with Crippen LogP contribution in [-0.4, -0.2) is 41.3 Å². The first-order chi connectivity index (χ1) is 13.3. The van der Waals surface area contributed by atoms with E-state index in [0.717, 1.165) is 6.29 Å². The zero-order valence-electron chi connectivity index (χ0n) is 15.5. The molecule has 0 aliphatic carbocycles. The van der Waals surface area contributed by atoms with Gasteiger partial charge in [-0.1, -0.05) is 72.1 Å². The van der Waals surface area contributed by atoms with Crippen molar-refractivity contribution in [3.05, 3.63) is 59.7 Å². The van der Waals surface area contributed by atoms with Crippen molar-refractivity contribution < 1.29 is 28.9 Å². The normalized spacial score (nSPS) is 10.5. The van der Waals surface area contributed by atoms with Gasteiger partial charge in [0.05, 0.1) is 14.2 Å². The summed E-state index contributed by atoms with van der Waals surface area (Å²) in [7, 11) is 4.46. The predicted octanol–water partition coefficient (Wildman–Crippen LogP) is 5.43. The van der Waals surface area contributed by atoms with Crippen molar-refractivity contribution in [1.82, 2.24) is 0 Å². The van der Waals surface area contributed by atoms with Gasteiger partial charge in [-0.25, -0.2) is 4.79 Å². The molecule has 0 saturated heterocycles. The lowest BCUT2D eigenvalue weighted by Crippen LogP contribution is -2.13. The number of halogens is 3. The molecule has 1 atom stereocenters. The van der Waals surface area contributed by atoms with Crippen LogP contribution in [0.5, 0.6) is 11.5 Å². The number of ether oxygens (including phenoxy) is 3. The number of carbonyl (C=O) groups excluding carboxylic acids is 1. The fourth-order valence-corrected chi connectivity index (χ4v) is 1.90. The summed E-state index contributed by atoms with van der Waals surface area (Å²) >= 11 is 9.31. The van der Waals surface area contributed by atoms with Gasteiger partial charge in [-0.05, 0) is 29.8 Å². The molecular formula is C19H21Br3O6. The van der Waals surface area contributed by atoms with E-state index in [9.17, 15) is 9.59 Å². The van der Waals surface area contributed by atoms with E-state index >= 15 is 0 Å². The molecule has 0 aromatic heterocycles. The summed E-state index contributed by atoms with van der Waals surface area (Å²) < 4.78 is 15.0. The van der Waals surface area contributed by atoms with Crippen molar-refractivity contribution in [3.63, 3.8) is 0 Å². The minimum absolute atomic E-state index is 0.271. The van der Waals surface area contributed by atoms with Crippen LogP contribution in [0.1, 0.15) is 22.0 Å². The minimum atomic E-state index is -1.01. The predicted molar refractivity (Wildman–Crippen MR) is 119 cm³/mol. The summed E-state index contributed by atoms with van der Waals surface area (Å²) in [6, 6.07) is 13.8. The number of carboxylic acids is 1. The lowest BCUT2D eigenvalue weighted by molar-refractivity contribution is -0.148. The summed E-state index contributed by atoms with van der Waals surface area (Å²) in [5, 5.41) is 8.82. The highest BCUT2D eigenvalue weighted by Gasteiger charge is 2.18. The highest BCUT2D eigenvalue weighted by Crippen LogP contribution is 2.21. The number of aldehydes is 1. The Kier molecular flexibility index (Phi) is 14.7. The van der Waals surface area contributed by atoms with Crippen molar-refractivity contribution in [1.29, 1.82) is 0 Å². The van der Waals surface area contributed by atoms with Gasteiger partial charge in [-0.2, -0.15) is 0 Å². The molecule has 1 unspecified atom stereocenters. The van der Waals surface area contributed by atoms with E-state index in [1.54, 1.807) is 55.6 Å². The first kappa shape index (κ1) is 26.6. The van der Waals surface area contributed by atoms with Gasteiger partial charge >= 0.3 is 5.97 Å². The van der Waals surface area contributed by atoms with Crippen LogP contribution in [0.2, 0.25) is 0 Å². The van der Waals surface area contributed by atoms with Gasteiger partial charge in [0.2, 0.25) is 0 Å². The molecule has 0 bridgehead atoms. The lowest BCUT2D eigenvalue weighted by atomic mass is 10.1. The van der Waals surface area contributed by atoms with Crippen molar-refractivity contribution in [2.75, 3.05) is 21.3 Å². The third-order valence-electron chi connectivity index (χ3n) is 3.09. The Morgan fingerprint density at radius 3 is 1.89 bits per heavy atom. The molecule has 6 nitrogen and oxygen atoms in total. The molecular weight excluding hydrogens is 564 g/mol. The maximum atomic E-state index is 10.8. The van der Waals surface area contributed by atoms with Crippen LogP contribution < -0.4 is 9.47 Å². The molecule has 9 heteroatoms. The Balaban J connectivity index is 0.000000454. The molecule has 0 amide bonds. The van der Waals surface area contributed by atoms with Crippen molar-refractivity contribution >= 4 is 60.0 Å². The Bertz CT molecular complexity index is 722. The molecule has 2 rings (SSSR count). The van der Waals surface area contributed by atoms with E-state index < -0.39 is 12.1 Å². The van der Waals surface area contributed by atoms with Gasteiger partial charge in [0, 0.05) is 12.7 Å². The van der Waals surface area contributed by atoms with Gasteiger partial charge in [-0.15, -0.1) is 0 Å². The number of benzene rings is 2.